The normalized spacial score (nSPS) is 28.1. The molecule has 1 fully saturated rings. The largest absolute Gasteiger partial charge is 0.396 e. The average Bonchev–Trinajstić information content (AvgIpc) is 2.75. The number of rotatable bonds is 3. The van der Waals surface area contributed by atoms with Gasteiger partial charge in [-0.2, -0.15) is 0 Å². The molecule has 0 unspecified atom stereocenters. The molecule has 2 N–H and O–H groups in total. The Labute approximate surface area is 99.3 Å². The number of urea groups is 1. The van der Waals surface area contributed by atoms with Crippen molar-refractivity contribution in [3.63, 3.8) is 0 Å². The highest BCUT2D eigenvalue weighted by Gasteiger charge is 2.52. The Morgan fingerprint density at radius 3 is 2.82 bits per heavy atom. The Hall–Kier alpha value is -1.63. The molecule has 0 bridgehead atoms. The third-order valence-corrected chi connectivity index (χ3v) is 3.23. The number of imide groups is 1. The third kappa shape index (κ3) is 1.76. The summed E-state index contributed by atoms with van der Waals surface area (Å²) in [6.07, 6.45) is 1.99. The van der Waals surface area contributed by atoms with E-state index < -0.39 is 6.04 Å². The van der Waals surface area contributed by atoms with Crippen molar-refractivity contribution in [3.8, 4) is 0 Å². The topological polar surface area (TPSA) is 75.9 Å². The molecule has 2 aliphatic rings. The first-order valence-electron chi connectivity index (χ1n) is 5.58. The van der Waals surface area contributed by atoms with Gasteiger partial charge in [-0.15, -0.1) is 0 Å². The highest BCUT2D eigenvalue weighted by molar-refractivity contribution is 6.00. The summed E-state index contributed by atoms with van der Waals surface area (Å²) in [7, 11) is 3.15. The second-order valence-corrected chi connectivity index (χ2v) is 4.29. The highest BCUT2D eigenvalue weighted by Crippen LogP contribution is 2.18. The van der Waals surface area contributed by atoms with Crippen LogP contribution in [0.25, 0.3) is 0 Å². The molecule has 7 nitrogen and oxygen atoms in total. The van der Waals surface area contributed by atoms with E-state index in [4.69, 9.17) is 5.11 Å². The van der Waals surface area contributed by atoms with E-state index in [1.807, 2.05) is 4.58 Å². The summed E-state index contributed by atoms with van der Waals surface area (Å²) >= 11 is 0. The molecule has 0 spiro atoms. The minimum Gasteiger partial charge on any atom is -0.396 e. The summed E-state index contributed by atoms with van der Waals surface area (Å²) in [5.41, 5.74) is 0. The molecule has 0 aromatic rings. The van der Waals surface area contributed by atoms with Crippen LogP contribution in [0, 0.1) is 0 Å². The van der Waals surface area contributed by atoms with Crippen LogP contribution in [-0.4, -0.2) is 77.2 Å². The summed E-state index contributed by atoms with van der Waals surface area (Å²) in [4.78, 5) is 26.4. The van der Waals surface area contributed by atoms with Gasteiger partial charge in [0.15, 0.2) is 0 Å². The van der Waals surface area contributed by atoms with Gasteiger partial charge in [0, 0.05) is 27.1 Å². The van der Waals surface area contributed by atoms with Gasteiger partial charge in [0.2, 0.25) is 18.5 Å². The summed E-state index contributed by atoms with van der Waals surface area (Å²) in [5.74, 6) is -0.211. The number of carbonyl (C=O) groups is 2. The van der Waals surface area contributed by atoms with E-state index in [0.29, 0.717) is 13.0 Å². The molecule has 17 heavy (non-hydrogen) atoms. The summed E-state index contributed by atoms with van der Waals surface area (Å²) in [5, 5.41) is 11.8. The van der Waals surface area contributed by atoms with Crippen LogP contribution < -0.4 is 5.32 Å². The van der Waals surface area contributed by atoms with Crippen molar-refractivity contribution >= 4 is 18.3 Å². The van der Waals surface area contributed by atoms with E-state index in [1.54, 1.807) is 13.4 Å². The first-order chi connectivity index (χ1) is 8.07. The van der Waals surface area contributed by atoms with Gasteiger partial charge in [-0.3, -0.25) is 24.5 Å². The zero-order valence-electron chi connectivity index (χ0n) is 9.96. The van der Waals surface area contributed by atoms with Crippen molar-refractivity contribution in [1.29, 1.82) is 0 Å². The van der Waals surface area contributed by atoms with Crippen molar-refractivity contribution < 1.29 is 19.3 Å². The quantitative estimate of drug-likeness (QED) is 0.573. The van der Waals surface area contributed by atoms with Gasteiger partial charge in [0.05, 0.1) is 6.54 Å². The predicted molar refractivity (Wildman–Crippen MR) is 59.5 cm³/mol. The van der Waals surface area contributed by atoms with Crippen LogP contribution in [-0.2, 0) is 4.79 Å². The fraction of sp³-hybridized carbons (Fsp3) is 0.700. The van der Waals surface area contributed by atoms with Crippen LogP contribution in [0.15, 0.2) is 0 Å². The Morgan fingerprint density at radius 1 is 1.47 bits per heavy atom. The molecule has 2 atom stereocenters. The Balaban J connectivity index is 2.19. The van der Waals surface area contributed by atoms with Crippen LogP contribution in [0.4, 0.5) is 4.79 Å². The van der Waals surface area contributed by atoms with Crippen LogP contribution in [0.3, 0.4) is 0 Å². The minimum atomic E-state index is -0.394. The van der Waals surface area contributed by atoms with E-state index in [0.717, 1.165) is 4.90 Å². The van der Waals surface area contributed by atoms with Gasteiger partial charge in [0.25, 0.3) is 5.91 Å². The zero-order valence-corrected chi connectivity index (χ0v) is 9.96. The lowest BCUT2D eigenvalue weighted by atomic mass is 10.1. The van der Waals surface area contributed by atoms with Crippen molar-refractivity contribution in [2.75, 3.05) is 27.2 Å². The van der Waals surface area contributed by atoms with E-state index in [1.165, 1.54) is 11.9 Å². The Morgan fingerprint density at radius 2 is 2.18 bits per heavy atom. The third-order valence-electron chi connectivity index (χ3n) is 3.23. The molecule has 94 valence electrons. The van der Waals surface area contributed by atoms with Gasteiger partial charge >= 0.3 is 6.03 Å². The lowest BCUT2D eigenvalue weighted by Crippen LogP contribution is -2.65. The molecular weight excluding hydrogens is 224 g/mol. The molecule has 1 saturated heterocycles. The van der Waals surface area contributed by atoms with Crippen LogP contribution in [0.5, 0.6) is 0 Å². The maximum Gasteiger partial charge on any atom is 0.329 e. The fourth-order valence-corrected chi connectivity index (χ4v) is 2.23. The predicted octanol–water partition coefficient (Wildman–Crippen LogP) is -1.77. The number of aliphatic hydroxyl groups is 1. The van der Waals surface area contributed by atoms with Crippen molar-refractivity contribution in [3.05, 3.63) is 0 Å². The molecule has 2 heterocycles. The number of hydrogen-bond donors (Lipinski definition) is 2. The summed E-state index contributed by atoms with van der Waals surface area (Å²) < 4.78 is 1.84. The molecule has 0 aliphatic carbocycles. The number of aliphatic hydroxyl groups excluding tert-OH is 1. The number of nitrogens with zero attached hydrogens (tertiary/aromatic N) is 3. The standard InChI is InChI=1S/C10H16N4O3/c1-12-8-7(9(16)13(2)10(12)17)14(6-11-8)4-3-5-15/h6-8,15H,3-5H2,1-2H3/p+1/t7-,8-/m1/s1. The molecule has 3 amide bonds. The van der Waals surface area contributed by atoms with Crippen molar-refractivity contribution in [2.24, 2.45) is 0 Å². The molecule has 0 aromatic carbocycles. The van der Waals surface area contributed by atoms with Crippen LogP contribution in [0.2, 0.25) is 0 Å². The summed E-state index contributed by atoms with van der Waals surface area (Å²) in [6.45, 7) is 0.673. The summed E-state index contributed by atoms with van der Waals surface area (Å²) in [6, 6.07) is -0.699. The first-order valence-corrected chi connectivity index (χ1v) is 5.58. The van der Waals surface area contributed by atoms with Gasteiger partial charge in [-0.05, 0) is 0 Å². The van der Waals surface area contributed by atoms with E-state index >= 15 is 0 Å². The lowest BCUT2D eigenvalue weighted by molar-refractivity contribution is -0.547. The maximum atomic E-state index is 12.1. The van der Waals surface area contributed by atoms with Gasteiger partial charge in [-0.25, -0.2) is 4.79 Å². The minimum absolute atomic E-state index is 0.0839. The van der Waals surface area contributed by atoms with Gasteiger partial charge < -0.3 is 5.11 Å². The molecular formula is C10H17N4O3+. The molecule has 2 rings (SSSR count). The molecule has 2 aliphatic heterocycles. The monoisotopic (exact) mass is 241 g/mol. The average molecular weight is 241 g/mol. The fourth-order valence-electron chi connectivity index (χ4n) is 2.23. The molecule has 0 saturated carbocycles. The van der Waals surface area contributed by atoms with Crippen LogP contribution >= 0.6 is 0 Å². The Bertz CT molecular complexity index is 382. The number of carbonyl (C=O) groups excluding carboxylic acids is 2. The number of amides is 3. The Kier molecular flexibility index (Phi) is 3.01. The van der Waals surface area contributed by atoms with E-state index in [-0.39, 0.29) is 24.7 Å². The molecule has 0 aromatic heterocycles. The van der Waals surface area contributed by atoms with Crippen molar-refractivity contribution in [1.82, 2.24) is 15.1 Å². The number of fused-ring (bicyclic) bond motifs is 1. The maximum absolute atomic E-state index is 12.1. The second-order valence-electron chi connectivity index (χ2n) is 4.29. The lowest BCUT2D eigenvalue weighted by Gasteiger charge is -2.35. The smallest absolute Gasteiger partial charge is 0.329 e. The van der Waals surface area contributed by atoms with Crippen LogP contribution in [0.1, 0.15) is 6.42 Å². The molecule has 0 radical (unpaired) electrons. The molecule has 7 heteroatoms. The highest BCUT2D eigenvalue weighted by atomic mass is 16.3. The van der Waals surface area contributed by atoms with Gasteiger partial charge in [0.1, 0.15) is 0 Å². The number of hydrogen-bond acceptors (Lipinski definition) is 4. The zero-order chi connectivity index (χ0) is 12.6. The number of likely N-dealkylation sites (N-methyl/N-ethyl adjacent to an activating group) is 2. The van der Waals surface area contributed by atoms with Gasteiger partial charge in [-0.1, -0.05) is 0 Å². The second kappa shape index (κ2) is 4.33. The SMILES string of the molecule is CN1C(=O)[C@H]2[C@H](NC=[N+]2CCCO)N(C)C1=O. The first kappa shape index (κ1) is 11.8. The number of nitrogens with one attached hydrogen (secondary N) is 1. The van der Waals surface area contributed by atoms with E-state index in [9.17, 15) is 9.59 Å². The van der Waals surface area contributed by atoms with Crippen molar-refractivity contribution in [2.45, 2.75) is 18.6 Å². The van der Waals surface area contributed by atoms with E-state index in [2.05, 4.69) is 5.32 Å².